The molecular formula is C13H23N3O. The molecule has 0 aromatic carbocycles. The summed E-state index contributed by atoms with van der Waals surface area (Å²) in [6.45, 7) is 7.05. The van der Waals surface area contributed by atoms with E-state index in [0.717, 1.165) is 5.89 Å². The predicted octanol–water partition coefficient (Wildman–Crippen LogP) is 3.01. The van der Waals surface area contributed by atoms with E-state index in [-0.39, 0.29) is 5.54 Å². The Bertz CT molecular complexity index is 348. The van der Waals surface area contributed by atoms with Crippen LogP contribution in [0, 0.1) is 0 Å². The molecule has 1 aromatic heterocycles. The van der Waals surface area contributed by atoms with Crippen molar-refractivity contribution in [1.29, 1.82) is 0 Å². The third-order valence-corrected chi connectivity index (χ3v) is 3.21. The minimum Gasteiger partial charge on any atom is -0.424 e. The lowest BCUT2D eigenvalue weighted by Crippen LogP contribution is -2.35. The number of aromatic nitrogens is 2. The summed E-state index contributed by atoms with van der Waals surface area (Å²) in [7, 11) is 0. The molecule has 1 aliphatic rings. The van der Waals surface area contributed by atoms with Gasteiger partial charge in [0.25, 0.3) is 0 Å². The molecule has 0 bridgehead atoms. The molecule has 0 aliphatic heterocycles. The lowest BCUT2D eigenvalue weighted by molar-refractivity contribution is 0.333. The summed E-state index contributed by atoms with van der Waals surface area (Å²) in [4.78, 5) is 0. The zero-order chi connectivity index (χ0) is 12.3. The van der Waals surface area contributed by atoms with Crippen LogP contribution >= 0.6 is 0 Å². The lowest BCUT2D eigenvalue weighted by atomic mass is 9.89. The van der Waals surface area contributed by atoms with Crippen molar-refractivity contribution in [3.63, 3.8) is 0 Å². The van der Waals surface area contributed by atoms with E-state index in [4.69, 9.17) is 4.42 Å². The van der Waals surface area contributed by atoms with Crippen LogP contribution < -0.4 is 5.32 Å². The minimum atomic E-state index is 0.0828. The van der Waals surface area contributed by atoms with Crippen LogP contribution in [-0.2, 0) is 6.54 Å². The number of rotatable bonds is 3. The van der Waals surface area contributed by atoms with E-state index in [1.165, 1.54) is 32.1 Å². The molecule has 1 N–H and O–H groups in total. The highest BCUT2D eigenvalue weighted by atomic mass is 16.4. The van der Waals surface area contributed by atoms with Crippen LogP contribution in [-0.4, -0.2) is 15.7 Å². The first-order valence-corrected chi connectivity index (χ1v) is 6.62. The van der Waals surface area contributed by atoms with Crippen molar-refractivity contribution in [2.24, 2.45) is 0 Å². The standard InChI is InChI=1S/C13H23N3O/c1-13(2,3)14-9-11-15-16-12(17-11)10-7-5-4-6-8-10/h10,14H,4-9H2,1-3H3. The molecule has 17 heavy (non-hydrogen) atoms. The molecule has 0 saturated heterocycles. The molecule has 0 unspecified atom stereocenters. The molecule has 1 heterocycles. The molecule has 0 spiro atoms. The second kappa shape index (κ2) is 5.17. The molecule has 0 radical (unpaired) electrons. The molecule has 1 fully saturated rings. The molecule has 96 valence electrons. The Morgan fingerprint density at radius 3 is 2.53 bits per heavy atom. The molecule has 2 rings (SSSR count). The van der Waals surface area contributed by atoms with Gasteiger partial charge in [-0.05, 0) is 33.6 Å². The van der Waals surface area contributed by atoms with Crippen LogP contribution in [0.15, 0.2) is 4.42 Å². The second-order valence-corrected chi connectivity index (χ2v) is 5.97. The van der Waals surface area contributed by atoms with Crippen LogP contribution in [0.3, 0.4) is 0 Å². The average molecular weight is 237 g/mol. The summed E-state index contributed by atoms with van der Waals surface area (Å²) in [5.41, 5.74) is 0.0828. The second-order valence-electron chi connectivity index (χ2n) is 5.97. The molecule has 0 atom stereocenters. The van der Waals surface area contributed by atoms with Gasteiger partial charge in [-0.15, -0.1) is 10.2 Å². The zero-order valence-corrected chi connectivity index (χ0v) is 11.1. The van der Waals surface area contributed by atoms with Crippen molar-refractivity contribution in [2.75, 3.05) is 0 Å². The van der Waals surface area contributed by atoms with E-state index < -0.39 is 0 Å². The first-order chi connectivity index (χ1) is 8.04. The fourth-order valence-corrected chi connectivity index (χ4v) is 2.19. The third-order valence-electron chi connectivity index (χ3n) is 3.21. The highest BCUT2D eigenvalue weighted by Crippen LogP contribution is 2.31. The molecule has 1 aliphatic carbocycles. The smallest absolute Gasteiger partial charge is 0.230 e. The largest absolute Gasteiger partial charge is 0.424 e. The molecular weight excluding hydrogens is 214 g/mol. The maximum absolute atomic E-state index is 5.73. The van der Waals surface area contributed by atoms with Crippen LogP contribution in [0.4, 0.5) is 0 Å². The van der Waals surface area contributed by atoms with Gasteiger partial charge in [-0.25, -0.2) is 0 Å². The number of nitrogens with zero attached hydrogens (tertiary/aromatic N) is 2. The monoisotopic (exact) mass is 237 g/mol. The van der Waals surface area contributed by atoms with E-state index in [9.17, 15) is 0 Å². The Balaban J connectivity index is 1.91. The van der Waals surface area contributed by atoms with Crippen LogP contribution in [0.1, 0.15) is 70.6 Å². The topological polar surface area (TPSA) is 51.0 Å². The summed E-state index contributed by atoms with van der Waals surface area (Å²) >= 11 is 0. The number of nitrogens with one attached hydrogen (secondary N) is 1. The highest BCUT2D eigenvalue weighted by molar-refractivity contribution is 4.93. The van der Waals surface area contributed by atoms with Crippen LogP contribution in [0.2, 0.25) is 0 Å². The summed E-state index contributed by atoms with van der Waals surface area (Å²) in [5.74, 6) is 2.05. The van der Waals surface area contributed by atoms with Gasteiger partial charge in [-0.1, -0.05) is 19.3 Å². The predicted molar refractivity (Wildman–Crippen MR) is 66.7 cm³/mol. The van der Waals surface area contributed by atoms with Crippen LogP contribution in [0.5, 0.6) is 0 Å². The van der Waals surface area contributed by atoms with E-state index in [1.54, 1.807) is 0 Å². The van der Waals surface area contributed by atoms with Crippen molar-refractivity contribution in [3.8, 4) is 0 Å². The van der Waals surface area contributed by atoms with Crippen molar-refractivity contribution in [2.45, 2.75) is 70.9 Å². The van der Waals surface area contributed by atoms with Gasteiger partial charge in [-0.3, -0.25) is 0 Å². The van der Waals surface area contributed by atoms with Crippen molar-refractivity contribution in [1.82, 2.24) is 15.5 Å². The van der Waals surface area contributed by atoms with E-state index >= 15 is 0 Å². The van der Waals surface area contributed by atoms with Gasteiger partial charge in [-0.2, -0.15) is 0 Å². The van der Waals surface area contributed by atoms with Gasteiger partial charge in [0.05, 0.1) is 6.54 Å². The average Bonchev–Trinajstić information content (AvgIpc) is 2.75. The van der Waals surface area contributed by atoms with E-state index in [2.05, 4.69) is 36.3 Å². The fourth-order valence-electron chi connectivity index (χ4n) is 2.19. The minimum absolute atomic E-state index is 0.0828. The van der Waals surface area contributed by atoms with Crippen LogP contribution in [0.25, 0.3) is 0 Å². The Morgan fingerprint density at radius 2 is 1.88 bits per heavy atom. The summed E-state index contributed by atoms with van der Waals surface area (Å²) in [5, 5.41) is 11.7. The Kier molecular flexibility index (Phi) is 3.82. The summed E-state index contributed by atoms with van der Waals surface area (Å²) in [6, 6.07) is 0. The van der Waals surface area contributed by atoms with Gasteiger partial charge in [0.2, 0.25) is 11.8 Å². The van der Waals surface area contributed by atoms with E-state index in [0.29, 0.717) is 18.4 Å². The SMILES string of the molecule is CC(C)(C)NCc1nnc(C2CCCCC2)o1. The van der Waals surface area contributed by atoms with Gasteiger partial charge >= 0.3 is 0 Å². The number of hydrogen-bond donors (Lipinski definition) is 1. The Morgan fingerprint density at radius 1 is 1.18 bits per heavy atom. The van der Waals surface area contributed by atoms with Gasteiger partial charge in [0.1, 0.15) is 0 Å². The van der Waals surface area contributed by atoms with E-state index in [1.807, 2.05) is 0 Å². The Labute approximate surface area is 103 Å². The first kappa shape index (κ1) is 12.6. The number of hydrogen-bond acceptors (Lipinski definition) is 4. The highest BCUT2D eigenvalue weighted by Gasteiger charge is 2.21. The maximum Gasteiger partial charge on any atom is 0.230 e. The molecule has 4 heteroatoms. The van der Waals surface area contributed by atoms with Gasteiger partial charge in [0, 0.05) is 11.5 Å². The van der Waals surface area contributed by atoms with Crippen molar-refractivity contribution < 1.29 is 4.42 Å². The first-order valence-electron chi connectivity index (χ1n) is 6.62. The molecule has 4 nitrogen and oxygen atoms in total. The molecule has 1 aromatic rings. The summed E-state index contributed by atoms with van der Waals surface area (Å²) < 4.78 is 5.73. The van der Waals surface area contributed by atoms with Crippen molar-refractivity contribution >= 4 is 0 Å². The molecule has 1 saturated carbocycles. The normalized spacial score (nSPS) is 18.5. The summed E-state index contributed by atoms with van der Waals surface area (Å²) in [6.07, 6.45) is 6.34. The zero-order valence-electron chi connectivity index (χ0n) is 11.1. The quantitative estimate of drug-likeness (QED) is 0.878. The maximum atomic E-state index is 5.73. The van der Waals surface area contributed by atoms with Gasteiger partial charge in [0.15, 0.2) is 0 Å². The third kappa shape index (κ3) is 3.80. The van der Waals surface area contributed by atoms with Crippen molar-refractivity contribution in [3.05, 3.63) is 11.8 Å². The lowest BCUT2D eigenvalue weighted by Gasteiger charge is -2.19. The molecule has 0 amide bonds. The Hall–Kier alpha value is -0.900. The fraction of sp³-hybridized carbons (Fsp3) is 0.846. The van der Waals surface area contributed by atoms with Gasteiger partial charge < -0.3 is 9.73 Å².